The topological polar surface area (TPSA) is 9.23 Å². The molecule has 20 heavy (non-hydrogen) atoms. The first-order valence-electron chi connectivity index (χ1n) is 6.60. The van der Waals surface area contributed by atoms with E-state index in [2.05, 4.69) is 26.0 Å². The van der Waals surface area contributed by atoms with Crippen molar-refractivity contribution in [1.82, 2.24) is 0 Å². The maximum Gasteiger partial charge on any atom is 0.165 e. The molecule has 2 rings (SSSR count). The highest BCUT2D eigenvalue weighted by atomic mass is 35.5. The van der Waals surface area contributed by atoms with E-state index in [-0.39, 0.29) is 11.1 Å². The molecular formula is C17H18ClFO. The van der Waals surface area contributed by atoms with Crippen molar-refractivity contribution in [3.63, 3.8) is 0 Å². The summed E-state index contributed by atoms with van der Waals surface area (Å²) in [4.78, 5) is 0. The summed E-state index contributed by atoms with van der Waals surface area (Å²) >= 11 is 6.42. The van der Waals surface area contributed by atoms with Crippen LogP contribution < -0.4 is 4.74 Å². The molecule has 0 fully saturated rings. The summed E-state index contributed by atoms with van der Waals surface area (Å²) in [5.41, 5.74) is 2.95. The summed E-state index contributed by atoms with van der Waals surface area (Å²) in [6.07, 6.45) is 0. The number of halogens is 2. The Balaban J connectivity index is 2.26. The molecule has 1 unspecified atom stereocenters. The van der Waals surface area contributed by atoms with E-state index in [9.17, 15) is 4.39 Å². The maximum atomic E-state index is 13.7. The van der Waals surface area contributed by atoms with Gasteiger partial charge in [-0.05, 0) is 34.7 Å². The first-order valence-corrected chi connectivity index (χ1v) is 7.04. The summed E-state index contributed by atoms with van der Waals surface area (Å²) in [5.74, 6) is 0.318. The van der Waals surface area contributed by atoms with Crippen molar-refractivity contribution in [3.05, 3.63) is 65.0 Å². The highest BCUT2D eigenvalue weighted by Crippen LogP contribution is 2.32. The van der Waals surface area contributed by atoms with Gasteiger partial charge < -0.3 is 4.74 Å². The lowest BCUT2D eigenvalue weighted by Crippen LogP contribution is -1.97. The van der Waals surface area contributed by atoms with Crippen molar-refractivity contribution >= 4 is 11.6 Å². The van der Waals surface area contributed by atoms with Gasteiger partial charge in [-0.3, -0.25) is 0 Å². The molecule has 3 heteroatoms. The van der Waals surface area contributed by atoms with Crippen LogP contribution in [0.1, 0.15) is 41.8 Å². The van der Waals surface area contributed by atoms with Crippen LogP contribution in [0.15, 0.2) is 42.5 Å². The Morgan fingerprint density at radius 1 is 0.950 bits per heavy atom. The minimum absolute atomic E-state index is 0.229. The smallest absolute Gasteiger partial charge is 0.165 e. The average Bonchev–Trinajstić information content (AvgIpc) is 2.46. The molecule has 0 saturated heterocycles. The fourth-order valence-corrected chi connectivity index (χ4v) is 2.36. The Morgan fingerprint density at radius 3 is 2.00 bits per heavy atom. The molecule has 0 bridgehead atoms. The van der Waals surface area contributed by atoms with Gasteiger partial charge in [0.15, 0.2) is 11.6 Å². The van der Waals surface area contributed by atoms with Crippen LogP contribution in [0, 0.1) is 5.82 Å². The molecule has 1 atom stereocenters. The predicted molar refractivity (Wildman–Crippen MR) is 81.2 cm³/mol. The molecule has 0 aliphatic heterocycles. The van der Waals surface area contributed by atoms with Crippen LogP contribution in [-0.2, 0) is 0 Å². The van der Waals surface area contributed by atoms with Gasteiger partial charge in [-0.1, -0.05) is 44.2 Å². The lowest BCUT2D eigenvalue weighted by Gasteiger charge is -2.13. The minimum Gasteiger partial charge on any atom is -0.494 e. The van der Waals surface area contributed by atoms with Gasteiger partial charge in [-0.15, -0.1) is 11.6 Å². The van der Waals surface area contributed by atoms with Crippen molar-refractivity contribution in [2.75, 3.05) is 7.11 Å². The van der Waals surface area contributed by atoms with Crippen LogP contribution in [-0.4, -0.2) is 7.11 Å². The first kappa shape index (κ1) is 14.9. The van der Waals surface area contributed by atoms with Crippen LogP contribution >= 0.6 is 11.6 Å². The van der Waals surface area contributed by atoms with Crippen LogP contribution in [0.2, 0.25) is 0 Å². The number of hydrogen-bond donors (Lipinski definition) is 0. The molecule has 1 nitrogen and oxygen atoms in total. The van der Waals surface area contributed by atoms with Gasteiger partial charge in [-0.2, -0.15) is 0 Å². The molecule has 2 aromatic carbocycles. The number of benzene rings is 2. The molecule has 106 valence electrons. The van der Waals surface area contributed by atoms with Gasteiger partial charge in [0.25, 0.3) is 0 Å². The Hall–Kier alpha value is -1.54. The zero-order valence-corrected chi connectivity index (χ0v) is 12.6. The molecule has 0 spiro atoms. The highest BCUT2D eigenvalue weighted by Gasteiger charge is 2.13. The molecule has 0 N–H and O–H groups in total. The van der Waals surface area contributed by atoms with E-state index >= 15 is 0 Å². The molecule has 0 radical (unpaired) electrons. The van der Waals surface area contributed by atoms with E-state index < -0.39 is 5.82 Å². The highest BCUT2D eigenvalue weighted by molar-refractivity contribution is 6.22. The van der Waals surface area contributed by atoms with Gasteiger partial charge >= 0.3 is 0 Å². The standard InChI is InChI=1S/C17H18ClFO/c1-11(2)12-4-6-13(7-5-12)17(18)14-8-9-16(20-3)15(19)10-14/h4-11,17H,1-3H3. The van der Waals surface area contributed by atoms with E-state index in [4.69, 9.17) is 16.3 Å². The number of hydrogen-bond acceptors (Lipinski definition) is 1. The molecule has 0 saturated carbocycles. The third kappa shape index (κ3) is 3.13. The van der Waals surface area contributed by atoms with Crippen molar-refractivity contribution in [3.8, 4) is 5.75 Å². The van der Waals surface area contributed by atoms with E-state index in [0.29, 0.717) is 5.92 Å². The number of ether oxygens (including phenoxy) is 1. The van der Waals surface area contributed by atoms with E-state index in [0.717, 1.165) is 11.1 Å². The molecule has 0 aliphatic rings. The fourth-order valence-electron chi connectivity index (χ4n) is 2.08. The van der Waals surface area contributed by atoms with Gasteiger partial charge in [0.1, 0.15) is 0 Å². The largest absolute Gasteiger partial charge is 0.494 e. The summed E-state index contributed by atoms with van der Waals surface area (Å²) in [5, 5.41) is -0.364. The molecule has 0 amide bonds. The maximum absolute atomic E-state index is 13.7. The molecule has 0 heterocycles. The van der Waals surface area contributed by atoms with E-state index in [1.54, 1.807) is 12.1 Å². The summed E-state index contributed by atoms with van der Waals surface area (Å²) in [7, 11) is 1.45. The monoisotopic (exact) mass is 292 g/mol. The second-order valence-electron chi connectivity index (χ2n) is 5.08. The number of methoxy groups -OCH3 is 1. The zero-order valence-electron chi connectivity index (χ0n) is 11.9. The third-order valence-corrected chi connectivity index (χ3v) is 3.87. The Morgan fingerprint density at radius 2 is 1.50 bits per heavy atom. The Kier molecular flexibility index (Phi) is 4.66. The quantitative estimate of drug-likeness (QED) is 0.696. The summed E-state index contributed by atoms with van der Waals surface area (Å²) in [6, 6.07) is 12.9. The van der Waals surface area contributed by atoms with Crippen LogP contribution in [0.4, 0.5) is 4.39 Å². The van der Waals surface area contributed by atoms with Crippen LogP contribution in [0.5, 0.6) is 5.75 Å². The normalized spacial score (nSPS) is 12.5. The van der Waals surface area contributed by atoms with Gasteiger partial charge in [0.05, 0.1) is 12.5 Å². The molecule has 0 aromatic heterocycles. The van der Waals surface area contributed by atoms with Crippen molar-refractivity contribution in [1.29, 1.82) is 0 Å². The molecule has 2 aromatic rings. The lowest BCUT2D eigenvalue weighted by molar-refractivity contribution is 0.386. The Bertz CT molecular complexity index is 578. The van der Waals surface area contributed by atoms with Crippen molar-refractivity contribution in [2.24, 2.45) is 0 Å². The zero-order chi connectivity index (χ0) is 14.7. The Labute approximate surface area is 124 Å². The summed E-state index contributed by atoms with van der Waals surface area (Å²) < 4.78 is 18.6. The number of rotatable bonds is 4. The minimum atomic E-state index is -0.394. The second kappa shape index (κ2) is 6.27. The summed E-state index contributed by atoms with van der Waals surface area (Å²) in [6.45, 7) is 4.29. The van der Waals surface area contributed by atoms with Crippen LogP contribution in [0.25, 0.3) is 0 Å². The second-order valence-corrected chi connectivity index (χ2v) is 5.51. The van der Waals surface area contributed by atoms with Gasteiger partial charge in [0, 0.05) is 0 Å². The molecular weight excluding hydrogens is 275 g/mol. The molecule has 0 aliphatic carbocycles. The van der Waals surface area contributed by atoms with Gasteiger partial charge in [0.2, 0.25) is 0 Å². The van der Waals surface area contributed by atoms with Crippen molar-refractivity contribution in [2.45, 2.75) is 25.1 Å². The first-order chi connectivity index (χ1) is 9.52. The van der Waals surface area contributed by atoms with Gasteiger partial charge in [-0.25, -0.2) is 4.39 Å². The van der Waals surface area contributed by atoms with Crippen LogP contribution in [0.3, 0.4) is 0 Å². The third-order valence-electron chi connectivity index (χ3n) is 3.36. The average molecular weight is 293 g/mol. The fraction of sp³-hybridized carbons (Fsp3) is 0.294. The van der Waals surface area contributed by atoms with E-state index in [1.807, 2.05) is 12.1 Å². The van der Waals surface area contributed by atoms with Crippen molar-refractivity contribution < 1.29 is 9.13 Å². The lowest BCUT2D eigenvalue weighted by atomic mass is 9.98. The van der Waals surface area contributed by atoms with E-state index in [1.165, 1.54) is 18.7 Å². The number of alkyl halides is 1. The predicted octanol–water partition coefficient (Wildman–Crippen LogP) is 5.29. The SMILES string of the molecule is COc1ccc(C(Cl)c2ccc(C(C)C)cc2)cc1F.